The fourth-order valence-electron chi connectivity index (χ4n) is 2.33. The van der Waals surface area contributed by atoms with Gasteiger partial charge in [0.1, 0.15) is 11.3 Å². The maximum Gasteiger partial charge on any atom is 0.416 e. The smallest absolute Gasteiger partial charge is 0.416 e. The Kier molecular flexibility index (Phi) is 5.33. The first-order valence-corrected chi connectivity index (χ1v) is 7.15. The second kappa shape index (κ2) is 7.08. The van der Waals surface area contributed by atoms with Gasteiger partial charge in [0.15, 0.2) is 6.61 Å². The maximum atomic E-state index is 12.6. The molecule has 0 unspecified atom stereocenters. The van der Waals surface area contributed by atoms with Gasteiger partial charge in [0, 0.05) is 26.1 Å². The summed E-state index contributed by atoms with van der Waals surface area (Å²) in [7, 11) is 0. The van der Waals surface area contributed by atoms with Crippen molar-refractivity contribution in [1.82, 2.24) is 5.32 Å². The Morgan fingerprint density at radius 3 is 2.54 bits per heavy atom. The van der Waals surface area contributed by atoms with Crippen molar-refractivity contribution in [1.29, 1.82) is 0 Å². The average molecular weight is 347 g/mol. The van der Waals surface area contributed by atoms with Gasteiger partial charge in [0.05, 0.1) is 5.56 Å². The van der Waals surface area contributed by atoms with Crippen LogP contribution in [-0.2, 0) is 20.5 Å². The molecule has 0 aliphatic carbocycles. The molecule has 1 amide bonds. The van der Waals surface area contributed by atoms with E-state index in [1.165, 1.54) is 6.07 Å². The first-order valence-electron chi connectivity index (χ1n) is 7.15. The van der Waals surface area contributed by atoms with Crippen molar-refractivity contribution in [3.05, 3.63) is 29.8 Å². The van der Waals surface area contributed by atoms with E-state index in [4.69, 9.17) is 9.47 Å². The molecule has 1 fully saturated rings. The highest BCUT2D eigenvalue weighted by molar-refractivity contribution is 5.87. The van der Waals surface area contributed by atoms with Gasteiger partial charge in [-0.15, -0.1) is 0 Å². The molecule has 132 valence electrons. The minimum Gasteiger partial charge on any atom is -0.484 e. The van der Waals surface area contributed by atoms with Crippen molar-refractivity contribution in [3.63, 3.8) is 0 Å². The lowest BCUT2D eigenvalue weighted by Gasteiger charge is -2.33. The SMILES string of the molecule is O=C(COc1cccc(C(F)(F)F)c1)NC1(C(=O)O)CCOCC1. The number of aliphatic carboxylic acids is 1. The van der Waals surface area contributed by atoms with Gasteiger partial charge in [-0.3, -0.25) is 4.79 Å². The molecule has 0 atom stereocenters. The highest BCUT2D eigenvalue weighted by Gasteiger charge is 2.41. The molecular weight excluding hydrogens is 331 g/mol. The summed E-state index contributed by atoms with van der Waals surface area (Å²) in [5, 5.41) is 11.7. The van der Waals surface area contributed by atoms with Crippen LogP contribution in [0.2, 0.25) is 0 Å². The molecule has 1 aromatic rings. The first-order chi connectivity index (χ1) is 11.2. The van der Waals surface area contributed by atoms with Gasteiger partial charge in [-0.1, -0.05) is 6.07 Å². The fraction of sp³-hybridized carbons (Fsp3) is 0.467. The van der Waals surface area contributed by atoms with Gasteiger partial charge < -0.3 is 19.9 Å². The molecule has 1 heterocycles. The molecular formula is C15H16F3NO5. The number of hydrogen-bond acceptors (Lipinski definition) is 4. The van der Waals surface area contributed by atoms with Crippen molar-refractivity contribution in [2.24, 2.45) is 0 Å². The second-order valence-corrected chi connectivity index (χ2v) is 5.36. The predicted octanol–water partition coefficient (Wildman–Crippen LogP) is 1.83. The summed E-state index contributed by atoms with van der Waals surface area (Å²) in [6.45, 7) is -0.195. The topological polar surface area (TPSA) is 84.9 Å². The van der Waals surface area contributed by atoms with Crippen LogP contribution in [0.15, 0.2) is 24.3 Å². The standard InChI is InChI=1S/C15H16F3NO5/c16-15(17,18)10-2-1-3-11(8-10)24-9-12(20)19-14(13(21)22)4-6-23-7-5-14/h1-3,8H,4-7,9H2,(H,19,20)(H,21,22). The van der Waals surface area contributed by atoms with E-state index in [9.17, 15) is 27.9 Å². The molecule has 1 aromatic carbocycles. The van der Waals surface area contributed by atoms with Gasteiger partial charge in [0.2, 0.25) is 0 Å². The largest absolute Gasteiger partial charge is 0.484 e. The molecule has 1 aliphatic rings. The van der Waals surface area contributed by atoms with Gasteiger partial charge in [-0.25, -0.2) is 4.79 Å². The van der Waals surface area contributed by atoms with Crippen molar-refractivity contribution < 1.29 is 37.3 Å². The number of hydrogen-bond donors (Lipinski definition) is 2. The molecule has 2 N–H and O–H groups in total. The first kappa shape index (κ1) is 18.1. The van der Waals surface area contributed by atoms with E-state index in [-0.39, 0.29) is 31.8 Å². The molecule has 24 heavy (non-hydrogen) atoms. The number of benzene rings is 1. The highest BCUT2D eigenvalue weighted by Crippen LogP contribution is 2.31. The van der Waals surface area contributed by atoms with Crippen LogP contribution in [0.1, 0.15) is 18.4 Å². The molecule has 0 aromatic heterocycles. The summed E-state index contributed by atoms with van der Waals surface area (Å²) >= 11 is 0. The minimum absolute atomic E-state index is 0.109. The number of rotatable bonds is 5. The van der Waals surface area contributed by atoms with E-state index in [2.05, 4.69) is 5.32 Å². The molecule has 0 radical (unpaired) electrons. The lowest BCUT2D eigenvalue weighted by Crippen LogP contribution is -2.58. The van der Waals surface area contributed by atoms with E-state index in [1.807, 2.05) is 0 Å². The summed E-state index contributed by atoms with van der Waals surface area (Å²) in [6.07, 6.45) is -4.30. The number of alkyl halides is 3. The number of carbonyl (C=O) groups is 2. The summed E-state index contributed by atoms with van der Waals surface area (Å²) < 4.78 is 47.9. The van der Waals surface area contributed by atoms with E-state index in [0.717, 1.165) is 18.2 Å². The van der Waals surface area contributed by atoms with Crippen molar-refractivity contribution in [2.75, 3.05) is 19.8 Å². The molecule has 2 rings (SSSR count). The molecule has 0 saturated carbocycles. The number of amides is 1. The number of carboxylic acids is 1. The quantitative estimate of drug-likeness (QED) is 0.849. The normalized spacial score (nSPS) is 17.1. The zero-order chi connectivity index (χ0) is 17.8. The summed E-state index contributed by atoms with van der Waals surface area (Å²) in [5.74, 6) is -2.04. The molecule has 6 nitrogen and oxygen atoms in total. The zero-order valence-corrected chi connectivity index (χ0v) is 12.6. The monoisotopic (exact) mass is 347 g/mol. The van der Waals surface area contributed by atoms with Gasteiger partial charge in [-0.2, -0.15) is 13.2 Å². The van der Waals surface area contributed by atoms with Gasteiger partial charge >= 0.3 is 12.1 Å². The Labute approximate surface area is 135 Å². The third-order valence-corrected chi connectivity index (χ3v) is 3.67. The minimum atomic E-state index is -4.52. The fourth-order valence-corrected chi connectivity index (χ4v) is 2.33. The number of nitrogens with one attached hydrogen (secondary N) is 1. The summed E-state index contributed by atoms with van der Waals surface area (Å²) in [5.41, 5.74) is -2.33. The highest BCUT2D eigenvalue weighted by atomic mass is 19.4. The van der Waals surface area contributed by atoms with Crippen LogP contribution in [0.5, 0.6) is 5.75 Å². The zero-order valence-electron chi connectivity index (χ0n) is 12.6. The van der Waals surface area contributed by atoms with E-state index in [1.54, 1.807) is 0 Å². The summed E-state index contributed by atoms with van der Waals surface area (Å²) in [6, 6.07) is 4.10. The van der Waals surface area contributed by atoms with Crippen molar-refractivity contribution >= 4 is 11.9 Å². The molecule has 9 heteroatoms. The summed E-state index contributed by atoms with van der Waals surface area (Å²) in [4.78, 5) is 23.3. The van der Waals surface area contributed by atoms with Crippen LogP contribution in [0.3, 0.4) is 0 Å². The number of carboxylic acid groups (broad SMARTS) is 1. The maximum absolute atomic E-state index is 12.6. The van der Waals surface area contributed by atoms with Crippen LogP contribution in [0, 0.1) is 0 Å². The van der Waals surface area contributed by atoms with Gasteiger partial charge in [0.25, 0.3) is 5.91 Å². The van der Waals surface area contributed by atoms with Crippen LogP contribution >= 0.6 is 0 Å². The number of ether oxygens (including phenoxy) is 2. The van der Waals surface area contributed by atoms with E-state index < -0.39 is 35.8 Å². The Bertz CT molecular complexity index is 611. The Balaban J connectivity index is 1.97. The lowest BCUT2D eigenvalue weighted by molar-refractivity contribution is -0.152. The van der Waals surface area contributed by atoms with Crippen LogP contribution in [0.4, 0.5) is 13.2 Å². The lowest BCUT2D eigenvalue weighted by atomic mass is 9.90. The van der Waals surface area contributed by atoms with E-state index in [0.29, 0.717) is 0 Å². The number of halogens is 3. The van der Waals surface area contributed by atoms with Crippen LogP contribution in [0.25, 0.3) is 0 Å². The predicted molar refractivity (Wildman–Crippen MR) is 75.5 cm³/mol. The Hall–Kier alpha value is -2.29. The Morgan fingerprint density at radius 1 is 1.29 bits per heavy atom. The third-order valence-electron chi connectivity index (χ3n) is 3.67. The van der Waals surface area contributed by atoms with Crippen molar-refractivity contribution in [3.8, 4) is 5.75 Å². The van der Waals surface area contributed by atoms with Gasteiger partial charge in [-0.05, 0) is 18.2 Å². The van der Waals surface area contributed by atoms with Crippen LogP contribution < -0.4 is 10.1 Å². The third kappa shape index (κ3) is 4.38. The Morgan fingerprint density at radius 2 is 1.96 bits per heavy atom. The van der Waals surface area contributed by atoms with E-state index >= 15 is 0 Å². The molecule has 1 saturated heterocycles. The van der Waals surface area contributed by atoms with Crippen molar-refractivity contribution in [2.45, 2.75) is 24.6 Å². The van der Waals surface area contributed by atoms with Crippen LogP contribution in [-0.4, -0.2) is 42.3 Å². The molecule has 1 aliphatic heterocycles. The number of carbonyl (C=O) groups excluding carboxylic acids is 1. The average Bonchev–Trinajstić information content (AvgIpc) is 2.53. The second-order valence-electron chi connectivity index (χ2n) is 5.36. The molecule has 0 spiro atoms. The molecule has 0 bridgehead atoms.